The fourth-order valence-electron chi connectivity index (χ4n) is 3.20. The van der Waals surface area contributed by atoms with Gasteiger partial charge in [0.05, 0.1) is 6.04 Å². The smallest absolute Gasteiger partial charge is 0.235 e. The van der Waals surface area contributed by atoms with Crippen molar-refractivity contribution in [3.05, 3.63) is 35.3 Å². The summed E-state index contributed by atoms with van der Waals surface area (Å²) in [6.07, 6.45) is 1.02. The molecule has 0 bridgehead atoms. The van der Waals surface area contributed by atoms with Crippen LogP contribution in [0.15, 0.2) is 34.7 Å². The van der Waals surface area contributed by atoms with Gasteiger partial charge in [-0.2, -0.15) is 9.61 Å². The molecule has 0 amide bonds. The standard InChI is InChI=1S/C17H18N6OS/c1-9(2)11-8-12(19-18-11)16-22-23-15(20-21-17(23)25-16)14-7-10-5-3-4-6-13(10)24-14/h3-7,9,11-12,18-19H,8H2,1-2H3. The van der Waals surface area contributed by atoms with Gasteiger partial charge in [-0.1, -0.05) is 43.4 Å². The van der Waals surface area contributed by atoms with E-state index in [9.17, 15) is 0 Å². The molecule has 3 aromatic heterocycles. The highest BCUT2D eigenvalue weighted by molar-refractivity contribution is 7.16. The number of nitrogens with zero attached hydrogens (tertiary/aromatic N) is 4. The van der Waals surface area contributed by atoms with Crippen molar-refractivity contribution in [3.8, 4) is 11.6 Å². The molecule has 2 atom stereocenters. The molecule has 128 valence electrons. The zero-order valence-electron chi connectivity index (χ0n) is 13.9. The molecular weight excluding hydrogens is 336 g/mol. The fourth-order valence-corrected chi connectivity index (χ4v) is 4.10. The second kappa shape index (κ2) is 5.62. The van der Waals surface area contributed by atoms with Crippen molar-refractivity contribution in [2.45, 2.75) is 32.4 Å². The summed E-state index contributed by atoms with van der Waals surface area (Å²) in [5, 5.41) is 15.3. The Kier molecular flexibility index (Phi) is 3.37. The number of rotatable bonds is 3. The van der Waals surface area contributed by atoms with E-state index in [0.29, 0.717) is 23.5 Å². The van der Waals surface area contributed by atoms with Crippen LogP contribution in [0.4, 0.5) is 0 Å². The third kappa shape index (κ3) is 2.45. The highest BCUT2D eigenvalue weighted by Crippen LogP contribution is 2.31. The number of nitrogens with one attached hydrogen (secondary N) is 2. The number of benzene rings is 1. The largest absolute Gasteiger partial charge is 0.453 e. The predicted octanol–water partition coefficient (Wildman–Crippen LogP) is 3.16. The van der Waals surface area contributed by atoms with E-state index in [1.807, 2.05) is 30.3 Å². The maximum Gasteiger partial charge on any atom is 0.235 e. The predicted molar refractivity (Wildman–Crippen MR) is 96.1 cm³/mol. The third-order valence-corrected chi connectivity index (χ3v) is 5.70. The van der Waals surface area contributed by atoms with E-state index in [1.54, 1.807) is 15.9 Å². The zero-order valence-corrected chi connectivity index (χ0v) is 14.7. The van der Waals surface area contributed by atoms with Crippen LogP contribution in [-0.2, 0) is 0 Å². The summed E-state index contributed by atoms with van der Waals surface area (Å²) in [7, 11) is 0. The van der Waals surface area contributed by atoms with Gasteiger partial charge in [0.2, 0.25) is 10.8 Å². The van der Waals surface area contributed by atoms with Gasteiger partial charge in [-0.3, -0.25) is 5.43 Å². The van der Waals surface area contributed by atoms with Crippen LogP contribution >= 0.6 is 11.3 Å². The first-order valence-electron chi connectivity index (χ1n) is 8.41. The maximum absolute atomic E-state index is 5.92. The third-order valence-electron chi connectivity index (χ3n) is 4.69. The molecular formula is C17H18N6OS. The van der Waals surface area contributed by atoms with Gasteiger partial charge in [0, 0.05) is 11.4 Å². The van der Waals surface area contributed by atoms with Crippen LogP contribution in [0.25, 0.3) is 27.5 Å². The molecule has 4 heterocycles. The van der Waals surface area contributed by atoms with Crippen molar-refractivity contribution in [3.63, 3.8) is 0 Å². The topological polar surface area (TPSA) is 80.3 Å². The van der Waals surface area contributed by atoms with Gasteiger partial charge in [0.15, 0.2) is 5.76 Å². The summed E-state index contributed by atoms with van der Waals surface area (Å²) < 4.78 is 7.70. The lowest BCUT2D eigenvalue weighted by Gasteiger charge is -2.12. The summed E-state index contributed by atoms with van der Waals surface area (Å²) in [4.78, 5) is 0.778. The number of hydrogen-bond donors (Lipinski definition) is 2. The van der Waals surface area contributed by atoms with E-state index in [4.69, 9.17) is 9.52 Å². The minimum Gasteiger partial charge on any atom is -0.453 e. The van der Waals surface area contributed by atoms with E-state index >= 15 is 0 Å². The molecule has 4 aromatic rings. The van der Waals surface area contributed by atoms with E-state index < -0.39 is 0 Å². The Morgan fingerprint density at radius 1 is 1.24 bits per heavy atom. The SMILES string of the molecule is CC(C)C1CC(c2nn3c(-c4cc5ccccc5o4)nnc3s2)NN1. The van der Waals surface area contributed by atoms with E-state index in [2.05, 4.69) is 34.9 Å². The summed E-state index contributed by atoms with van der Waals surface area (Å²) in [5.74, 6) is 1.90. The average Bonchev–Trinajstić information content (AvgIpc) is 3.35. The number of hydrazine groups is 1. The van der Waals surface area contributed by atoms with Crippen LogP contribution in [-0.4, -0.2) is 25.9 Å². The van der Waals surface area contributed by atoms with Crippen molar-refractivity contribution in [1.82, 2.24) is 30.7 Å². The normalized spacial score (nSPS) is 21.1. The van der Waals surface area contributed by atoms with Crippen molar-refractivity contribution in [2.75, 3.05) is 0 Å². The molecule has 0 saturated carbocycles. The molecule has 7 nitrogen and oxygen atoms in total. The first-order valence-corrected chi connectivity index (χ1v) is 9.23. The molecule has 5 rings (SSSR count). The van der Waals surface area contributed by atoms with Crippen molar-refractivity contribution < 1.29 is 4.42 Å². The van der Waals surface area contributed by atoms with Crippen LogP contribution in [0, 0.1) is 5.92 Å². The summed E-state index contributed by atoms with van der Waals surface area (Å²) in [6, 6.07) is 10.6. The molecule has 0 spiro atoms. The molecule has 0 aliphatic carbocycles. The van der Waals surface area contributed by atoms with E-state index in [-0.39, 0.29) is 6.04 Å². The van der Waals surface area contributed by atoms with Crippen LogP contribution < -0.4 is 10.9 Å². The minimum atomic E-state index is 0.197. The fraction of sp³-hybridized carbons (Fsp3) is 0.353. The van der Waals surface area contributed by atoms with Crippen LogP contribution in [0.2, 0.25) is 0 Å². The van der Waals surface area contributed by atoms with Crippen molar-refractivity contribution >= 4 is 27.3 Å². The lowest BCUT2D eigenvalue weighted by Crippen LogP contribution is -2.33. The molecule has 0 radical (unpaired) electrons. The number of para-hydroxylation sites is 1. The Hall–Kier alpha value is -2.29. The van der Waals surface area contributed by atoms with Crippen LogP contribution in [0.1, 0.15) is 31.3 Å². The molecule has 1 aliphatic heterocycles. The van der Waals surface area contributed by atoms with Crippen molar-refractivity contribution in [2.24, 2.45) is 5.92 Å². The Morgan fingerprint density at radius 2 is 2.12 bits per heavy atom. The van der Waals surface area contributed by atoms with Gasteiger partial charge in [-0.05, 0) is 24.5 Å². The highest BCUT2D eigenvalue weighted by Gasteiger charge is 2.30. The van der Waals surface area contributed by atoms with Crippen LogP contribution in [0.5, 0.6) is 0 Å². The Bertz CT molecular complexity index is 1010. The first-order chi connectivity index (χ1) is 12.2. The van der Waals surface area contributed by atoms with Crippen LogP contribution in [0.3, 0.4) is 0 Å². The minimum absolute atomic E-state index is 0.197. The second-order valence-corrected chi connectivity index (χ2v) is 7.72. The van der Waals surface area contributed by atoms with Gasteiger partial charge in [-0.25, -0.2) is 5.43 Å². The molecule has 1 aliphatic rings. The Labute approximate surface area is 148 Å². The summed E-state index contributed by atoms with van der Waals surface area (Å²) >= 11 is 1.56. The molecule has 25 heavy (non-hydrogen) atoms. The summed E-state index contributed by atoms with van der Waals surface area (Å²) in [6.45, 7) is 4.44. The van der Waals surface area contributed by atoms with Gasteiger partial charge >= 0.3 is 0 Å². The van der Waals surface area contributed by atoms with E-state index in [0.717, 1.165) is 27.4 Å². The molecule has 2 unspecified atom stereocenters. The lowest BCUT2D eigenvalue weighted by molar-refractivity contribution is 0.431. The second-order valence-electron chi connectivity index (χ2n) is 6.73. The number of fused-ring (bicyclic) bond motifs is 2. The Balaban J connectivity index is 1.52. The highest BCUT2D eigenvalue weighted by atomic mass is 32.1. The molecule has 1 fully saturated rings. The maximum atomic E-state index is 5.92. The monoisotopic (exact) mass is 354 g/mol. The lowest BCUT2D eigenvalue weighted by atomic mass is 10.0. The summed E-state index contributed by atoms with van der Waals surface area (Å²) in [5.41, 5.74) is 7.55. The average molecular weight is 354 g/mol. The van der Waals surface area contributed by atoms with Gasteiger partial charge in [-0.15, -0.1) is 10.2 Å². The van der Waals surface area contributed by atoms with Gasteiger partial charge < -0.3 is 4.42 Å². The molecule has 8 heteroatoms. The first kappa shape index (κ1) is 15.0. The Morgan fingerprint density at radius 3 is 2.92 bits per heavy atom. The number of aromatic nitrogens is 4. The molecule has 1 saturated heterocycles. The van der Waals surface area contributed by atoms with Gasteiger partial charge in [0.25, 0.3) is 0 Å². The quantitative estimate of drug-likeness (QED) is 0.588. The molecule has 1 aromatic carbocycles. The number of hydrogen-bond acceptors (Lipinski definition) is 7. The molecule has 2 N–H and O–H groups in total. The number of furan rings is 1. The van der Waals surface area contributed by atoms with Crippen molar-refractivity contribution in [1.29, 1.82) is 0 Å². The zero-order chi connectivity index (χ0) is 17.0. The van der Waals surface area contributed by atoms with Gasteiger partial charge in [0.1, 0.15) is 10.6 Å². The van der Waals surface area contributed by atoms with E-state index in [1.165, 1.54) is 0 Å².